The fourth-order valence-corrected chi connectivity index (χ4v) is 2.11. The standard InChI is InChI=1S/C11H20N2O/c1-8(9-5-6-9)13-11(14)10-4-2-3-7-12-10/h8-10,12H,2-7H2,1H3,(H,13,14)/t8?,10-/m1/s1. The molecule has 1 heterocycles. The van der Waals surface area contributed by atoms with E-state index in [9.17, 15) is 4.79 Å². The Labute approximate surface area is 85.6 Å². The van der Waals surface area contributed by atoms with Gasteiger partial charge in [0, 0.05) is 6.04 Å². The Bertz CT molecular complexity index is 207. The molecule has 2 aliphatic rings. The lowest BCUT2D eigenvalue weighted by Crippen LogP contribution is -2.49. The van der Waals surface area contributed by atoms with Crippen molar-refractivity contribution in [2.45, 2.75) is 51.1 Å². The summed E-state index contributed by atoms with van der Waals surface area (Å²) in [6.45, 7) is 3.12. The first-order chi connectivity index (χ1) is 6.77. The van der Waals surface area contributed by atoms with E-state index in [1.165, 1.54) is 25.7 Å². The Balaban J connectivity index is 1.75. The lowest BCUT2D eigenvalue weighted by molar-refractivity contribution is -0.124. The van der Waals surface area contributed by atoms with E-state index in [1.54, 1.807) is 0 Å². The summed E-state index contributed by atoms with van der Waals surface area (Å²) in [5.74, 6) is 0.964. The first kappa shape index (κ1) is 9.97. The van der Waals surface area contributed by atoms with Crippen LogP contribution in [0.5, 0.6) is 0 Å². The Hall–Kier alpha value is -0.570. The summed E-state index contributed by atoms with van der Waals surface area (Å²) in [5, 5.41) is 6.38. The number of amides is 1. The molecule has 14 heavy (non-hydrogen) atoms. The van der Waals surface area contributed by atoms with Gasteiger partial charge in [0.25, 0.3) is 0 Å². The molecule has 2 rings (SSSR count). The average Bonchev–Trinajstić information content (AvgIpc) is 3.02. The summed E-state index contributed by atoms with van der Waals surface area (Å²) in [4.78, 5) is 11.8. The zero-order valence-corrected chi connectivity index (χ0v) is 8.88. The molecule has 1 aliphatic heterocycles. The van der Waals surface area contributed by atoms with Crippen LogP contribution in [0.1, 0.15) is 39.0 Å². The first-order valence-electron chi connectivity index (χ1n) is 5.81. The molecule has 1 saturated heterocycles. The summed E-state index contributed by atoms with van der Waals surface area (Å²) < 4.78 is 0. The highest BCUT2D eigenvalue weighted by molar-refractivity contribution is 5.82. The lowest BCUT2D eigenvalue weighted by Gasteiger charge is -2.24. The van der Waals surface area contributed by atoms with Crippen molar-refractivity contribution in [1.29, 1.82) is 0 Å². The normalized spacial score (nSPS) is 29.6. The number of nitrogens with one attached hydrogen (secondary N) is 2. The van der Waals surface area contributed by atoms with Gasteiger partial charge in [-0.05, 0) is 45.1 Å². The number of carbonyl (C=O) groups is 1. The molecule has 2 N–H and O–H groups in total. The van der Waals surface area contributed by atoms with Gasteiger partial charge in [-0.3, -0.25) is 4.79 Å². The predicted octanol–water partition coefficient (Wildman–Crippen LogP) is 1.04. The maximum absolute atomic E-state index is 11.8. The molecule has 1 amide bonds. The third-order valence-corrected chi connectivity index (χ3v) is 3.33. The molecule has 2 fully saturated rings. The average molecular weight is 196 g/mol. The first-order valence-corrected chi connectivity index (χ1v) is 5.81. The van der Waals surface area contributed by atoms with E-state index in [0.717, 1.165) is 18.9 Å². The molecular weight excluding hydrogens is 176 g/mol. The number of rotatable bonds is 3. The zero-order chi connectivity index (χ0) is 9.97. The molecular formula is C11H20N2O. The Kier molecular flexibility index (Phi) is 3.06. The minimum atomic E-state index is 0.0740. The van der Waals surface area contributed by atoms with Crippen molar-refractivity contribution in [1.82, 2.24) is 10.6 Å². The van der Waals surface area contributed by atoms with Crippen LogP contribution in [0, 0.1) is 5.92 Å². The van der Waals surface area contributed by atoms with Gasteiger partial charge in [-0.25, -0.2) is 0 Å². The van der Waals surface area contributed by atoms with Crippen LogP contribution in [0.2, 0.25) is 0 Å². The van der Waals surface area contributed by atoms with Gasteiger partial charge in [-0.15, -0.1) is 0 Å². The monoisotopic (exact) mass is 196 g/mol. The van der Waals surface area contributed by atoms with Crippen LogP contribution in [-0.4, -0.2) is 24.5 Å². The maximum Gasteiger partial charge on any atom is 0.237 e. The van der Waals surface area contributed by atoms with Crippen molar-refractivity contribution < 1.29 is 4.79 Å². The fraction of sp³-hybridized carbons (Fsp3) is 0.909. The van der Waals surface area contributed by atoms with Crippen molar-refractivity contribution in [2.24, 2.45) is 5.92 Å². The van der Waals surface area contributed by atoms with Crippen LogP contribution in [0.4, 0.5) is 0 Å². The second-order valence-electron chi connectivity index (χ2n) is 4.64. The van der Waals surface area contributed by atoms with Gasteiger partial charge >= 0.3 is 0 Å². The Morgan fingerprint density at radius 1 is 1.36 bits per heavy atom. The van der Waals surface area contributed by atoms with Crippen LogP contribution in [0.25, 0.3) is 0 Å². The van der Waals surface area contributed by atoms with Crippen LogP contribution in [-0.2, 0) is 4.79 Å². The van der Waals surface area contributed by atoms with Crippen molar-refractivity contribution in [3.8, 4) is 0 Å². The van der Waals surface area contributed by atoms with E-state index < -0.39 is 0 Å². The quantitative estimate of drug-likeness (QED) is 0.708. The van der Waals surface area contributed by atoms with Crippen molar-refractivity contribution in [3.05, 3.63) is 0 Å². The van der Waals surface area contributed by atoms with Crippen molar-refractivity contribution >= 4 is 5.91 Å². The molecule has 0 bridgehead atoms. The molecule has 1 aliphatic carbocycles. The van der Waals surface area contributed by atoms with Gasteiger partial charge in [0.1, 0.15) is 0 Å². The molecule has 80 valence electrons. The van der Waals surface area contributed by atoms with E-state index in [2.05, 4.69) is 17.6 Å². The molecule has 1 unspecified atom stereocenters. The third-order valence-electron chi connectivity index (χ3n) is 3.33. The zero-order valence-electron chi connectivity index (χ0n) is 8.88. The van der Waals surface area contributed by atoms with Gasteiger partial charge < -0.3 is 10.6 Å². The number of carbonyl (C=O) groups excluding carboxylic acids is 1. The molecule has 3 nitrogen and oxygen atoms in total. The minimum absolute atomic E-state index is 0.0740. The molecule has 3 heteroatoms. The summed E-state index contributed by atoms with van der Waals surface area (Å²) in [6, 6.07) is 0.455. The van der Waals surface area contributed by atoms with Gasteiger partial charge in [-0.1, -0.05) is 6.42 Å². The smallest absolute Gasteiger partial charge is 0.237 e. The van der Waals surface area contributed by atoms with Gasteiger partial charge in [0.05, 0.1) is 6.04 Å². The number of hydrogen-bond donors (Lipinski definition) is 2. The van der Waals surface area contributed by atoms with Crippen LogP contribution in [0.15, 0.2) is 0 Å². The molecule has 0 aromatic heterocycles. The largest absolute Gasteiger partial charge is 0.352 e. The summed E-state index contributed by atoms with van der Waals surface area (Å²) in [6.07, 6.45) is 5.98. The van der Waals surface area contributed by atoms with E-state index in [-0.39, 0.29) is 11.9 Å². The van der Waals surface area contributed by atoms with E-state index >= 15 is 0 Å². The molecule has 0 spiro atoms. The third kappa shape index (κ3) is 2.47. The topological polar surface area (TPSA) is 41.1 Å². The maximum atomic E-state index is 11.8. The van der Waals surface area contributed by atoms with Crippen LogP contribution in [0.3, 0.4) is 0 Å². The predicted molar refractivity (Wildman–Crippen MR) is 56.0 cm³/mol. The molecule has 1 saturated carbocycles. The van der Waals surface area contributed by atoms with E-state index in [4.69, 9.17) is 0 Å². The van der Waals surface area contributed by atoms with Crippen LogP contribution >= 0.6 is 0 Å². The van der Waals surface area contributed by atoms with E-state index in [0.29, 0.717) is 6.04 Å². The summed E-state index contributed by atoms with van der Waals surface area (Å²) in [5.41, 5.74) is 0. The second kappa shape index (κ2) is 4.30. The van der Waals surface area contributed by atoms with Gasteiger partial charge in [0.2, 0.25) is 5.91 Å². The molecule has 2 atom stereocenters. The highest BCUT2D eigenvalue weighted by Gasteiger charge is 2.30. The van der Waals surface area contributed by atoms with Gasteiger partial charge in [0.15, 0.2) is 0 Å². The van der Waals surface area contributed by atoms with Crippen LogP contribution < -0.4 is 10.6 Å². The Morgan fingerprint density at radius 3 is 2.71 bits per heavy atom. The highest BCUT2D eigenvalue weighted by Crippen LogP contribution is 2.32. The lowest BCUT2D eigenvalue weighted by atomic mass is 10.0. The summed E-state index contributed by atoms with van der Waals surface area (Å²) in [7, 11) is 0. The molecule has 0 aromatic rings. The number of piperidine rings is 1. The highest BCUT2D eigenvalue weighted by atomic mass is 16.2. The van der Waals surface area contributed by atoms with E-state index in [1.807, 2.05) is 0 Å². The molecule has 0 aromatic carbocycles. The SMILES string of the molecule is CC(NC(=O)[C@H]1CCCCN1)C1CC1. The Morgan fingerprint density at radius 2 is 2.14 bits per heavy atom. The fourth-order valence-electron chi connectivity index (χ4n) is 2.11. The van der Waals surface area contributed by atoms with Crippen molar-refractivity contribution in [2.75, 3.05) is 6.54 Å². The van der Waals surface area contributed by atoms with Crippen molar-refractivity contribution in [3.63, 3.8) is 0 Å². The second-order valence-corrected chi connectivity index (χ2v) is 4.64. The molecule has 0 radical (unpaired) electrons. The van der Waals surface area contributed by atoms with Gasteiger partial charge in [-0.2, -0.15) is 0 Å². The number of hydrogen-bond acceptors (Lipinski definition) is 2. The minimum Gasteiger partial charge on any atom is -0.352 e. The summed E-state index contributed by atoms with van der Waals surface area (Å²) >= 11 is 0.